The Morgan fingerprint density at radius 2 is 2.26 bits per heavy atom. The van der Waals surface area contributed by atoms with Gasteiger partial charge in [0.15, 0.2) is 0 Å². The van der Waals surface area contributed by atoms with Crippen LogP contribution in [0.3, 0.4) is 0 Å². The van der Waals surface area contributed by atoms with Gasteiger partial charge in [-0.15, -0.1) is 0 Å². The van der Waals surface area contributed by atoms with Crippen molar-refractivity contribution < 1.29 is 12.8 Å². The summed E-state index contributed by atoms with van der Waals surface area (Å²) in [4.78, 5) is 2.41. The van der Waals surface area contributed by atoms with Crippen molar-refractivity contribution in [3.8, 4) is 0 Å². The second-order valence-corrected chi connectivity index (χ2v) is 8.89. The molecule has 0 bridgehead atoms. The van der Waals surface area contributed by atoms with E-state index < -0.39 is 10.0 Å². The van der Waals surface area contributed by atoms with E-state index >= 15 is 0 Å². The molecule has 128 valence electrons. The van der Waals surface area contributed by atoms with Crippen molar-refractivity contribution >= 4 is 16.1 Å². The first-order valence-corrected chi connectivity index (χ1v) is 9.99. The maximum atomic E-state index is 11.9. The van der Waals surface area contributed by atoms with E-state index in [2.05, 4.69) is 22.6 Å². The summed E-state index contributed by atoms with van der Waals surface area (Å²) >= 11 is 0. The van der Waals surface area contributed by atoms with Gasteiger partial charge in [-0.1, -0.05) is 5.57 Å². The number of hydrogen-bond acceptors (Lipinski definition) is 4. The number of furan rings is 1. The lowest BCUT2D eigenvalue weighted by molar-refractivity contribution is 0.189. The van der Waals surface area contributed by atoms with Crippen LogP contribution in [0.2, 0.25) is 0 Å². The third-order valence-electron chi connectivity index (χ3n) is 4.54. The number of nitrogens with one attached hydrogen (secondary N) is 1. The fraction of sp³-hybridized carbons (Fsp3) is 0.647. The summed E-state index contributed by atoms with van der Waals surface area (Å²) in [5.41, 5.74) is 1.26. The maximum absolute atomic E-state index is 11.9. The van der Waals surface area contributed by atoms with Crippen molar-refractivity contribution in [3.05, 3.63) is 29.7 Å². The summed E-state index contributed by atoms with van der Waals surface area (Å²) < 4.78 is 32.0. The molecule has 0 spiro atoms. The number of rotatable bonds is 7. The van der Waals surface area contributed by atoms with Gasteiger partial charge < -0.3 is 4.42 Å². The third kappa shape index (κ3) is 4.93. The minimum Gasteiger partial charge on any atom is -0.465 e. The molecule has 0 amide bonds. The average Bonchev–Trinajstić information content (AvgIpc) is 3.26. The third-order valence-corrected chi connectivity index (χ3v) is 6.46. The molecule has 0 aromatic carbocycles. The molecule has 2 heterocycles. The summed E-state index contributed by atoms with van der Waals surface area (Å²) in [6, 6.07) is 3.84. The van der Waals surface area contributed by atoms with Gasteiger partial charge in [-0.25, -0.2) is 13.1 Å². The van der Waals surface area contributed by atoms with Gasteiger partial charge >= 0.3 is 0 Å². The van der Waals surface area contributed by atoms with Crippen molar-refractivity contribution in [2.45, 2.75) is 37.9 Å². The van der Waals surface area contributed by atoms with Crippen LogP contribution < -0.4 is 4.72 Å². The molecular weight excluding hydrogens is 312 g/mol. The SMILES string of the molecule is C/C(=C\c1ccco1)CN1CCCC(CNS(=O)(=O)C2CC2)C1. The van der Waals surface area contributed by atoms with Crippen molar-refractivity contribution in [3.63, 3.8) is 0 Å². The van der Waals surface area contributed by atoms with Crippen molar-refractivity contribution in [2.24, 2.45) is 5.92 Å². The lowest BCUT2D eigenvalue weighted by Gasteiger charge is -2.33. The highest BCUT2D eigenvalue weighted by Crippen LogP contribution is 2.27. The normalized spacial score (nSPS) is 24.0. The highest BCUT2D eigenvalue weighted by atomic mass is 32.2. The first kappa shape index (κ1) is 16.7. The van der Waals surface area contributed by atoms with E-state index in [1.807, 2.05) is 12.1 Å². The molecule has 2 aliphatic rings. The Kier molecular flexibility index (Phi) is 5.24. The van der Waals surface area contributed by atoms with Crippen LogP contribution in [0.25, 0.3) is 6.08 Å². The van der Waals surface area contributed by atoms with Crippen LogP contribution in [0.15, 0.2) is 28.4 Å². The Bertz CT molecular complexity index is 633. The second-order valence-electron chi connectivity index (χ2n) is 6.84. The smallest absolute Gasteiger partial charge is 0.214 e. The highest BCUT2D eigenvalue weighted by Gasteiger charge is 2.35. The first-order chi connectivity index (χ1) is 11.0. The van der Waals surface area contributed by atoms with E-state index in [1.165, 1.54) is 5.57 Å². The zero-order chi connectivity index (χ0) is 16.3. The second kappa shape index (κ2) is 7.20. The molecule has 6 heteroatoms. The minimum atomic E-state index is -3.05. The molecule has 1 aromatic heterocycles. The summed E-state index contributed by atoms with van der Waals surface area (Å²) in [7, 11) is -3.05. The van der Waals surface area contributed by atoms with E-state index in [0.29, 0.717) is 12.5 Å². The largest absolute Gasteiger partial charge is 0.465 e. The number of nitrogens with zero attached hydrogens (tertiary/aromatic N) is 1. The predicted octanol–water partition coefficient (Wildman–Crippen LogP) is 2.48. The fourth-order valence-electron chi connectivity index (χ4n) is 3.21. The minimum absolute atomic E-state index is 0.124. The first-order valence-electron chi connectivity index (χ1n) is 8.44. The Labute approximate surface area is 138 Å². The molecule has 2 fully saturated rings. The molecule has 5 nitrogen and oxygen atoms in total. The molecule has 3 rings (SSSR count). The zero-order valence-electron chi connectivity index (χ0n) is 13.7. The van der Waals surface area contributed by atoms with E-state index in [4.69, 9.17) is 4.42 Å². The van der Waals surface area contributed by atoms with Crippen LogP contribution in [0.5, 0.6) is 0 Å². The van der Waals surface area contributed by atoms with Crippen LogP contribution in [0.4, 0.5) is 0 Å². The Morgan fingerprint density at radius 1 is 1.43 bits per heavy atom. The molecule has 1 aromatic rings. The standard InChI is InChI=1S/C17H26N2O3S/c1-14(10-16-5-3-9-22-16)12-19-8-2-4-15(13-19)11-18-23(20,21)17-6-7-17/h3,5,9-10,15,17-18H,2,4,6-8,11-13H2,1H3/b14-10+. The summed E-state index contributed by atoms with van der Waals surface area (Å²) in [5.74, 6) is 1.29. The van der Waals surface area contributed by atoms with Crippen molar-refractivity contribution in [1.82, 2.24) is 9.62 Å². The fourth-order valence-corrected chi connectivity index (χ4v) is 4.67. The lowest BCUT2D eigenvalue weighted by Crippen LogP contribution is -2.42. The molecule has 0 radical (unpaired) electrons. The number of sulfonamides is 1. The van der Waals surface area contributed by atoms with Crippen LogP contribution in [0.1, 0.15) is 38.4 Å². The van der Waals surface area contributed by atoms with Crippen molar-refractivity contribution in [1.29, 1.82) is 0 Å². The number of hydrogen-bond donors (Lipinski definition) is 1. The monoisotopic (exact) mass is 338 g/mol. The van der Waals surface area contributed by atoms with Crippen LogP contribution in [-0.4, -0.2) is 44.7 Å². The summed E-state index contributed by atoms with van der Waals surface area (Å²) in [6.45, 7) is 5.64. The van der Waals surface area contributed by atoms with E-state index in [0.717, 1.165) is 51.1 Å². The quantitative estimate of drug-likeness (QED) is 0.830. The molecular formula is C17H26N2O3S. The molecule has 1 aliphatic heterocycles. The molecule has 23 heavy (non-hydrogen) atoms. The molecule has 1 saturated carbocycles. The van der Waals surface area contributed by atoms with Gasteiger partial charge in [-0.3, -0.25) is 4.90 Å². The Hall–Kier alpha value is -1.11. The predicted molar refractivity (Wildman–Crippen MR) is 91.5 cm³/mol. The Morgan fingerprint density at radius 3 is 2.96 bits per heavy atom. The van der Waals surface area contributed by atoms with Gasteiger partial charge in [0.25, 0.3) is 0 Å². The van der Waals surface area contributed by atoms with Gasteiger partial charge in [0.2, 0.25) is 10.0 Å². The molecule has 1 N–H and O–H groups in total. The van der Waals surface area contributed by atoms with Crippen molar-refractivity contribution in [2.75, 3.05) is 26.2 Å². The number of likely N-dealkylation sites (tertiary alicyclic amines) is 1. The molecule has 1 unspecified atom stereocenters. The molecule has 1 atom stereocenters. The van der Waals surface area contributed by atoms with Crippen LogP contribution in [-0.2, 0) is 10.0 Å². The van der Waals surface area contributed by atoms with Crippen LogP contribution >= 0.6 is 0 Å². The van der Waals surface area contributed by atoms with Gasteiger partial charge in [0.1, 0.15) is 5.76 Å². The summed E-state index contributed by atoms with van der Waals surface area (Å²) in [6.07, 6.45) is 7.63. The maximum Gasteiger partial charge on any atom is 0.214 e. The van der Waals surface area contributed by atoms with Gasteiger partial charge in [-0.2, -0.15) is 0 Å². The van der Waals surface area contributed by atoms with E-state index in [9.17, 15) is 8.42 Å². The summed E-state index contributed by atoms with van der Waals surface area (Å²) in [5, 5.41) is -0.124. The lowest BCUT2D eigenvalue weighted by atomic mass is 9.98. The molecule has 1 saturated heterocycles. The van der Waals surface area contributed by atoms with Gasteiger partial charge in [-0.05, 0) is 63.3 Å². The van der Waals surface area contributed by atoms with E-state index in [-0.39, 0.29) is 5.25 Å². The zero-order valence-corrected chi connectivity index (χ0v) is 14.5. The topological polar surface area (TPSA) is 62.6 Å². The van der Waals surface area contributed by atoms with Gasteiger partial charge in [0.05, 0.1) is 11.5 Å². The molecule has 1 aliphatic carbocycles. The number of piperidine rings is 1. The van der Waals surface area contributed by atoms with Crippen LogP contribution in [0, 0.1) is 5.92 Å². The average molecular weight is 338 g/mol. The Balaban J connectivity index is 1.48. The van der Waals surface area contributed by atoms with Gasteiger partial charge in [0, 0.05) is 19.6 Å². The van der Waals surface area contributed by atoms with E-state index in [1.54, 1.807) is 6.26 Å². The highest BCUT2D eigenvalue weighted by molar-refractivity contribution is 7.90.